The van der Waals surface area contributed by atoms with Crippen LogP contribution in [0.15, 0.2) is 24.3 Å². The predicted octanol–water partition coefficient (Wildman–Crippen LogP) is 2.51. The molecule has 2 aliphatic rings. The molecular formula is C26H35N5O5. The smallest absolute Gasteiger partial charge is 0.272 e. The van der Waals surface area contributed by atoms with E-state index in [1.807, 2.05) is 19.1 Å². The van der Waals surface area contributed by atoms with Crippen LogP contribution in [-0.2, 0) is 17.9 Å². The Kier molecular flexibility index (Phi) is 7.51. The van der Waals surface area contributed by atoms with Gasteiger partial charge in [-0.3, -0.25) is 19.1 Å². The molecule has 3 amide bonds. The summed E-state index contributed by atoms with van der Waals surface area (Å²) in [6.45, 7) is 4.57. The summed E-state index contributed by atoms with van der Waals surface area (Å²) >= 11 is 0. The summed E-state index contributed by atoms with van der Waals surface area (Å²) in [4.78, 5) is 40.7. The SMILES string of the molecule is CCOc1ccc(CNC(=O)c2cc3n(n2)CC(C)(C(=O)NC2CCCCC2)N(C)C3=O)c(OC)c1. The Morgan fingerprint density at radius 2 is 1.94 bits per heavy atom. The Bertz CT molecular complexity index is 1140. The minimum Gasteiger partial charge on any atom is -0.496 e. The third-order valence-corrected chi connectivity index (χ3v) is 7.17. The molecule has 1 unspecified atom stereocenters. The minimum atomic E-state index is -1.10. The number of hydrogen-bond donors (Lipinski definition) is 2. The van der Waals surface area contributed by atoms with Gasteiger partial charge in [-0.1, -0.05) is 19.3 Å². The van der Waals surface area contributed by atoms with Gasteiger partial charge < -0.3 is 25.0 Å². The number of nitrogens with zero attached hydrogens (tertiary/aromatic N) is 3. The minimum absolute atomic E-state index is 0.119. The average molecular weight is 498 g/mol. The lowest BCUT2D eigenvalue weighted by molar-refractivity contribution is -0.133. The van der Waals surface area contributed by atoms with E-state index in [4.69, 9.17) is 9.47 Å². The second-order valence-electron chi connectivity index (χ2n) is 9.61. The van der Waals surface area contributed by atoms with Crippen LogP contribution >= 0.6 is 0 Å². The van der Waals surface area contributed by atoms with E-state index in [0.717, 1.165) is 31.2 Å². The van der Waals surface area contributed by atoms with E-state index in [9.17, 15) is 14.4 Å². The van der Waals surface area contributed by atoms with Gasteiger partial charge in [-0.2, -0.15) is 5.10 Å². The van der Waals surface area contributed by atoms with Gasteiger partial charge in [0.2, 0.25) is 5.91 Å². The van der Waals surface area contributed by atoms with Crippen LogP contribution in [0.25, 0.3) is 0 Å². The maximum Gasteiger partial charge on any atom is 0.272 e. The number of likely N-dealkylation sites (N-methyl/N-ethyl adjacent to an activating group) is 1. The second kappa shape index (κ2) is 10.6. The quantitative estimate of drug-likeness (QED) is 0.579. The van der Waals surface area contributed by atoms with Gasteiger partial charge in [0.05, 0.1) is 20.3 Å². The van der Waals surface area contributed by atoms with Crippen LogP contribution in [0.5, 0.6) is 11.5 Å². The molecule has 0 bridgehead atoms. The van der Waals surface area contributed by atoms with Crippen LogP contribution in [0, 0.1) is 0 Å². The first-order valence-electron chi connectivity index (χ1n) is 12.5. The molecule has 1 aliphatic carbocycles. The number of hydrogen-bond acceptors (Lipinski definition) is 6. The molecule has 1 aromatic heterocycles. The van der Waals surface area contributed by atoms with Gasteiger partial charge in [0, 0.05) is 37.3 Å². The first-order valence-corrected chi connectivity index (χ1v) is 12.5. The first kappa shape index (κ1) is 25.5. The van der Waals surface area contributed by atoms with Gasteiger partial charge in [0.15, 0.2) is 5.69 Å². The van der Waals surface area contributed by atoms with Crippen LogP contribution in [0.1, 0.15) is 72.5 Å². The first-order chi connectivity index (χ1) is 17.3. The number of aromatic nitrogens is 2. The number of benzene rings is 1. The molecule has 1 aliphatic heterocycles. The Morgan fingerprint density at radius 3 is 2.64 bits per heavy atom. The third kappa shape index (κ3) is 5.03. The fourth-order valence-corrected chi connectivity index (χ4v) is 4.82. The van der Waals surface area contributed by atoms with Gasteiger partial charge in [0.25, 0.3) is 11.8 Å². The van der Waals surface area contributed by atoms with Crippen molar-refractivity contribution >= 4 is 17.7 Å². The Labute approximate surface area is 211 Å². The van der Waals surface area contributed by atoms with Crippen LogP contribution in [-0.4, -0.2) is 64.7 Å². The summed E-state index contributed by atoms with van der Waals surface area (Å²) in [5, 5.41) is 10.3. The number of ether oxygens (including phenoxy) is 2. The van der Waals surface area contributed by atoms with E-state index in [1.165, 1.54) is 22.1 Å². The molecule has 0 spiro atoms. The molecule has 0 radical (unpaired) electrons. The van der Waals surface area contributed by atoms with Crippen molar-refractivity contribution in [2.45, 2.75) is 70.6 Å². The van der Waals surface area contributed by atoms with Crippen molar-refractivity contribution in [1.29, 1.82) is 0 Å². The normalized spacial score (nSPS) is 20.0. The summed E-state index contributed by atoms with van der Waals surface area (Å²) < 4.78 is 12.4. The highest BCUT2D eigenvalue weighted by molar-refractivity contribution is 6.01. The van der Waals surface area contributed by atoms with Crippen LogP contribution in [0.3, 0.4) is 0 Å². The number of methoxy groups -OCH3 is 1. The summed E-state index contributed by atoms with van der Waals surface area (Å²) in [7, 11) is 3.18. The molecule has 1 atom stereocenters. The van der Waals surface area contributed by atoms with Gasteiger partial charge in [-0.05, 0) is 38.8 Å². The van der Waals surface area contributed by atoms with E-state index >= 15 is 0 Å². The maximum absolute atomic E-state index is 13.2. The van der Waals surface area contributed by atoms with Crippen molar-refractivity contribution < 1.29 is 23.9 Å². The molecule has 36 heavy (non-hydrogen) atoms. The van der Waals surface area contributed by atoms with Crippen molar-refractivity contribution in [1.82, 2.24) is 25.3 Å². The molecule has 10 heteroatoms. The Balaban J connectivity index is 1.46. The summed E-state index contributed by atoms with van der Waals surface area (Å²) in [5.74, 6) is 0.324. The standard InChI is InChI=1S/C26H35N5O5/c1-5-36-19-12-11-17(22(13-19)35-4)15-27-23(32)20-14-21-24(33)30(3)26(2,16-31(21)29-20)25(34)28-18-9-7-6-8-10-18/h11-14,18H,5-10,15-16H2,1-4H3,(H,27,32)(H,28,34). The zero-order valence-corrected chi connectivity index (χ0v) is 21.4. The van der Waals surface area contributed by atoms with Crippen LogP contribution < -0.4 is 20.1 Å². The van der Waals surface area contributed by atoms with Gasteiger partial charge >= 0.3 is 0 Å². The molecule has 1 fully saturated rings. The zero-order chi connectivity index (χ0) is 25.9. The highest BCUT2D eigenvalue weighted by atomic mass is 16.5. The number of fused-ring (bicyclic) bond motifs is 1. The molecule has 0 saturated heterocycles. The van der Waals surface area contributed by atoms with E-state index < -0.39 is 11.4 Å². The van der Waals surface area contributed by atoms with Gasteiger partial charge in [0.1, 0.15) is 22.7 Å². The lowest BCUT2D eigenvalue weighted by atomic mass is 9.92. The molecule has 2 N–H and O–H groups in total. The topological polar surface area (TPSA) is 115 Å². The molecule has 2 aromatic rings. The Morgan fingerprint density at radius 1 is 1.19 bits per heavy atom. The highest BCUT2D eigenvalue weighted by Crippen LogP contribution is 2.28. The molecule has 2 heterocycles. The fraction of sp³-hybridized carbons (Fsp3) is 0.538. The van der Waals surface area contributed by atoms with Gasteiger partial charge in [-0.15, -0.1) is 0 Å². The molecule has 194 valence electrons. The fourth-order valence-electron chi connectivity index (χ4n) is 4.82. The van der Waals surface area contributed by atoms with E-state index in [0.29, 0.717) is 18.1 Å². The molecule has 1 aromatic carbocycles. The number of rotatable bonds is 8. The molecular weight excluding hydrogens is 462 g/mol. The number of nitrogens with one attached hydrogen (secondary N) is 2. The predicted molar refractivity (Wildman–Crippen MR) is 133 cm³/mol. The van der Waals surface area contributed by atoms with Crippen molar-refractivity contribution in [2.75, 3.05) is 20.8 Å². The Hall–Kier alpha value is -3.56. The van der Waals surface area contributed by atoms with Crippen molar-refractivity contribution in [2.24, 2.45) is 0 Å². The maximum atomic E-state index is 13.2. The summed E-state index contributed by atoms with van der Waals surface area (Å²) in [6.07, 6.45) is 5.29. The van der Waals surface area contributed by atoms with E-state index in [2.05, 4.69) is 15.7 Å². The highest BCUT2D eigenvalue weighted by Gasteiger charge is 2.46. The number of carbonyl (C=O) groups excluding carboxylic acids is 3. The van der Waals surface area contributed by atoms with Crippen molar-refractivity contribution in [3.8, 4) is 11.5 Å². The summed E-state index contributed by atoms with van der Waals surface area (Å²) in [6, 6.07) is 7.02. The largest absolute Gasteiger partial charge is 0.496 e. The second-order valence-corrected chi connectivity index (χ2v) is 9.61. The monoisotopic (exact) mass is 497 g/mol. The van der Waals surface area contributed by atoms with Crippen LogP contribution in [0.4, 0.5) is 0 Å². The molecule has 1 saturated carbocycles. The van der Waals surface area contributed by atoms with Crippen LogP contribution in [0.2, 0.25) is 0 Å². The number of carbonyl (C=O) groups is 3. The summed E-state index contributed by atoms with van der Waals surface area (Å²) in [5.41, 5.74) is 0.0793. The molecule has 4 rings (SSSR count). The van der Waals surface area contributed by atoms with Gasteiger partial charge in [-0.25, -0.2) is 0 Å². The lowest BCUT2D eigenvalue weighted by Gasteiger charge is -2.41. The van der Waals surface area contributed by atoms with E-state index in [-0.39, 0.29) is 42.3 Å². The third-order valence-electron chi connectivity index (χ3n) is 7.17. The molecule has 10 nitrogen and oxygen atoms in total. The van der Waals surface area contributed by atoms with Crippen molar-refractivity contribution in [3.05, 3.63) is 41.2 Å². The van der Waals surface area contributed by atoms with E-state index in [1.54, 1.807) is 27.1 Å². The van der Waals surface area contributed by atoms with Crippen molar-refractivity contribution in [3.63, 3.8) is 0 Å². The average Bonchev–Trinajstić information content (AvgIpc) is 3.31. The lowest BCUT2D eigenvalue weighted by Crippen LogP contribution is -2.63. The zero-order valence-electron chi connectivity index (χ0n) is 21.4. The number of amides is 3.